The molecule has 0 amide bonds. The molecule has 286 valence electrons. The van der Waals surface area contributed by atoms with E-state index < -0.39 is 0 Å². The van der Waals surface area contributed by atoms with E-state index in [0.29, 0.717) is 5.82 Å². The first kappa shape index (κ1) is 33.9. The number of hydrogen-bond acceptors (Lipinski definition) is 8. The molecule has 8 heteroatoms. The third-order valence-electron chi connectivity index (χ3n) is 11.8. The Morgan fingerprint density at radius 3 is 1.44 bits per heavy atom. The topological polar surface area (TPSA) is 71.4 Å². The molecule has 0 radical (unpaired) electrons. The SMILES string of the molecule is c1ccc2cc(N(c3ccc4c(c3)oc3ccccc34)c3cc4sc5cc(N(c6ccc7ccccc7c6)c6ccc7c(c6)oc6ccccc67)nnc5c4cn3)ccc2c1. The van der Waals surface area contributed by atoms with Gasteiger partial charge in [-0.3, -0.25) is 9.80 Å². The molecule has 0 aliphatic carbocycles. The van der Waals surface area contributed by atoms with Crippen molar-refractivity contribution in [2.75, 3.05) is 9.80 Å². The van der Waals surface area contributed by atoms with Gasteiger partial charge in [0.05, 0.1) is 16.1 Å². The molecule has 0 unspecified atom stereocenters. The van der Waals surface area contributed by atoms with Gasteiger partial charge in [-0.25, -0.2) is 4.98 Å². The number of para-hydroxylation sites is 2. The Morgan fingerprint density at radius 1 is 0.361 bits per heavy atom. The van der Waals surface area contributed by atoms with Gasteiger partial charge < -0.3 is 8.83 Å². The van der Waals surface area contributed by atoms with Crippen LogP contribution in [0.1, 0.15) is 0 Å². The van der Waals surface area contributed by atoms with Crippen LogP contribution in [0.4, 0.5) is 34.4 Å². The maximum absolute atomic E-state index is 6.38. The Bertz CT molecular complexity index is 3630. The number of aromatic nitrogens is 3. The second kappa shape index (κ2) is 13.2. The van der Waals surface area contributed by atoms with Gasteiger partial charge in [-0.05, 0) is 88.3 Å². The van der Waals surface area contributed by atoms with Crippen molar-refractivity contribution in [1.29, 1.82) is 0 Å². The van der Waals surface area contributed by atoms with Crippen LogP contribution < -0.4 is 9.80 Å². The van der Waals surface area contributed by atoms with Crippen LogP contribution >= 0.6 is 11.3 Å². The molecule has 0 fully saturated rings. The number of anilines is 6. The zero-order chi connectivity index (χ0) is 40.0. The van der Waals surface area contributed by atoms with Crippen molar-refractivity contribution < 1.29 is 8.83 Å². The van der Waals surface area contributed by atoms with Crippen LogP contribution in [0, 0.1) is 0 Å². The Labute approximate surface area is 351 Å². The van der Waals surface area contributed by atoms with Gasteiger partial charge in [-0.1, -0.05) is 97.1 Å². The normalized spacial score (nSPS) is 11.9. The van der Waals surface area contributed by atoms with E-state index in [9.17, 15) is 0 Å². The maximum atomic E-state index is 6.38. The minimum absolute atomic E-state index is 0.704. The number of benzene rings is 8. The van der Waals surface area contributed by atoms with Crippen LogP contribution in [0.5, 0.6) is 0 Å². The van der Waals surface area contributed by atoms with E-state index in [1.165, 1.54) is 10.8 Å². The summed E-state index contributed by atoms with van der Waals surface area (Å²) in [5.74, 6) is 1.49. The molecule has 0 saturated heterocycles. The molecule has 0 aliphatic rings. The van der Waals surface area contributed by atoms with Crippen LogP contribution in [0.3, 0.4) is 0 Å². The molecule has 61 heavy (non-hydrogen) atoms. The summed E-state index contributed by atoms with van der Waals surface area (Å²) in [6, 6.07) is 63.3. The highest BCUT2D eigenvalue weighted by molar-refractivity contribution is 7.25. The molecule has 13 aromatic rings. The van der Waals surface area contributed by atoms with Gasteiger partial charge in [-0.15, -0.1) is 21.5 Å². The molecule has 0 atom stereocenters. The highest BCUT2D eigenvalue weighted by Gasteiger charge is 2.22. The molecule has 5 aromatic heterocycles. The third kappa shape index (κ3) is 5.46. The summed E-state index contributed by atoms with van der Waals surface area (Å²) < 4.78 is 14.8. The van der Waals surface area contributed by atoms with E-state index in [1.807, 2.05) is 42.6 Å². The van der Waals surface area contributed by atoms with Crippen LogP contribution in [0.2, 0.25) is 0 Å². The van der Waals surface area contributed by atoms with Gasteiger partial charge in [0.1, 0.15) is 33.7 Å². The quantitative estimate of drug-likeness (QED) is 0.166. The van der Waals surface area contributed by atoms with E-state index in [4.69, 9.17) is 24.0 Å². The molecule has 13 rings (SSSR count). The lowest BCUT2D eigenvalue weighted by Crippen LogP contribution is -2.12. The molecule has 0 spiro atoms. The fourth-order valence-electron chi connectivity index (χ4n) is 8.83. The Morgan fingerprint density at radius 2 is 0.836 bits per heavy atom. The summed E-state index contributed by atoms with van der Waals surface area (Å²) in [6.45, 7) is 0. The predicted octanol–water partition coefficient (Wildman–Crippen LogP) is 15.3. The molecule has 5 heterocycles. The van der Waals surface area contributed by atoms with Crippen molar-refractivity contribution in [2.24, 2.45) is 0 Å². The van der Waals surface area contributed by atoms with Gasteiger partial charge in [0.2, 0.25) is 0 Å². The number of furan rings is 2. The first-order chi connectivity index (χ1) is 30.2. The molecule has 0 saturated carbocycles. The van der Waals surface area contributed by atoms with Crippen molar-refractivity contribution in [3.8, 4) is 0 Å². The Hall–Kier alpha value is -8.07. The van der Waals surface area contributed by atoms with E-state index in [-0.39, 0.29) is 0 Å². The molecule has 8 aromatic carbocycles. The van der Waals surface area contributed by atoms with Crippen LogP contribution in [-0.4, -0.2) is 15.2 Å². The highest BCUT2D eigenvalue weighted by Crippen LogP contribution is 2.44. The number of thiophene rings is 1. The second-order valence-electron chi connectivity index (χ2n) is 15.3. The lowest BCUT2D eigenvalue weighted by molar-refractivity contribution is 0.668. The fraction of sp³-hybridized carbons (Fsp3) is 0. The summed E-state index contributed by atoms with van der Waals surface area (Å²) in [7, 11) is 0. The van der Waals surface area contributed by atoms with Gasteiger partial charge in [0.25, 0.3) is 0 Å². The van der Waals surface area contributed by atoms with Crippen molar-refractivity contribution in [3.05, 3.63) is 188 Å². The Kier molecular flexibility index (Phi) is 7.34. The summed E-state index contributed by atoms with van der Waals surface area (Å²) in [4.78, 5) is 9.49. The van der Waals surface area contributed by atoms with E-state index in [2.05, 4.69) is 155 Å². The van der Waals surface area contributed by atoms with Crippen LogP contribution in [0.15, 0.2) is 197 Å². The van der Waals surface area contributed by atoms with Gasteiger partial charge >= 0.3 is 0 Å². The van der Waals surface area contributed by atoms with Crippen molar-refractivity contribution >= 4 is 131 Å². The number of hydrogen-bond donors (Lipinski definition) is 0. The lowest BCUT2D eigenvalue weighted by Gasteiger charge is -2.24. The molecule has 0 bridgehead atoms. The second-order valence-corrected chi connectivity index (χ2v) is 16.4. The fourth-order valence-corrected chi connectivity index (χ4v) is 9.91. The average Bonchev–Trinajstić information content (AvgIpc) is 3.99. The third-order valence-corrected chi connectivity index (χ3v) is 12.8. The van der Waals surface area contributed by atoms with Gasteiger partial charge in [0.15, 0.2) is 5.82 Å². The summed E-state index contributed by atoms with van der Waals surface area (Å²) in [5.41, 5.74) is 8.02. The molecular formula is C53H31N5O2S. The molecule has 0 aliphatic heterocycles. The van der Waals surface area contributed by atoms with Crippen LogP contribution in [0.25, 0.3) is 85.7 Å². The first-order valence-corrected chi connectivity index (χ1v) is 21.0. The standard InChI is InChI=1S/C53H31N5O2S/c1-3-11-34-25-36(19-17-32(34)9-1)57(38-21-23-42-40-13-5-7-15-45(40)59-47(42)27-38)51-29-49-44(31-54-51)53-50(61-49)30-52(55-56-53)58(37-20-18-33-10-2-4-12-35(33)26-37)39-22-24-43-41-14-6-8-16-46(41)60-48(43)28-39/h1-31H. The van der Waals surface area contributed by atoms with Crippen LogP contribution in [-0.2, 0) is 0 Å². The Balaban J connectivity index is 0.961. The summed E-state index contributed by atoms with van der Waals surface area (Å²) >= 11 is 1.69. The van der Waals surface area contributed by atoms with E-state index >= 15 is 0 Å². The molecular weight excluding hydrogens is 771 g/mol. The number of pyridine rings is 1. The van der Waals surface area contributed by atoms with Crippen molar-refractivity contribution in [3.63, 3.8) is 0 Å². The molecule has 0 N–H and O–H groups in total. The first-order valence-electron chi connectivity index (χ1n) is 20.2. The highest BCUT2D eigenvalue weighted by atomic mass is 32.1. The molecule has 7 nitrogen and oxygen atoms in total. The summed E-state index contributed by atoms with van der Waals surface area (Å²) in [5, 5.41) is 19.8. The largest absolute Gasteiger partial charge is 0.456 e. The predicted molar refractivity (Wildman–Crippen MR) is 252 cm³/mol. The van der Waals surface area contributed by atoms with E-state index in [1.54, 1.807) is 11.3 Å². The monoisotopic (exact) mass is 801 g/mol. The zero-order valence-corrected chi connectivity index (χ0v) is 33.2. The number of nitrogens with zero attached hydrogens (tertiary/aromatic N) is 5. The minimum atomic E-state index is 0.704. The smallest absolute Gasteiger partial charge is 0.161 e. The van der Waals surface area contributed by atoms with Gasteiger partial charge in [0, 0.05) is 67.4 Å². The minimum Gasteiger partial charge on any atom is -0.456 e. The number of fused-ring (bicyclic) bond motifs is 11. The van der Waals surface area contributed by atoms with Crippen molar-refractivity contribution in [1.82, 2.24) is 15.2 Å². The zero-order valence-electron chi connectivity index (χ0n) is 32.4. The lowest BCUT2D eigenvalue weighted by atomic mass is 10.1. The van der Waals surface area contributed by atoms with Gasteiger partial charge in [-0.2, -0.15) is 0 Å². The van der Waals surface area contributed by atoms with Crippen molar-refractivity contribution in [2.45, 2.75) is 0 Å². The number of rotatable bonds is 6. The van der Waals surface area contributed by atoms with E-state index in [0.717, 1.165) is 104 Å². The maximum Gasteiger partial charge on any atom is 0.161 e. The summed E-state index contributed by atoms with van der Waals surface area (Å²) in [6.07, 6.45) is 1.93. The average molecular weight is 802 g/mol.